The summed E-state index contributed by atoms with van der Waals surface area (Å²) in [6.07, 6.45) is 5.10. The molecule has 3 heterocycles. The third kappa shape index (κ3) is 9.26. The Hall–Kier alpha value is -7.95. The van der Waals surface area contributed by atoms with Crippen molar-refractivity contribution in [3.8, 4) is 23.0 Å². The number of ether oxygens (including phenoxy) is 4. The Morgan fingerprint density at radius 1 is 0.597 bits per heavy atom. The van der Waals surface area contributed by atoms with E-state index in [1.807, 2.05) is 0 Å². The molecular weight excluding hydrogens is 857 g/mol. The lowest BCUT2D eigenvalue weighted by atomic mass is 10.1. The number of hydrogen-bond acceptors (Lipinski definition) is 13. The molecule has 0 aliphatic rings. The number of carbonyl (C=O) groups excluding carboxylic acids is 1. The van der Waals surface area contributed by atoms with Crippen LogP contribution in [0.15, 0.2) is 66.6 Å². The van der Waals surface area contributed by atoms with Crippen molar-refractivity contribution in [1.82, 2.24) is 19.9 Å². The van der Waals surface area contributed by atoms with Gasteiger partial charge in [0.2, 0.25) is 0 Å². The number of nitrogens with zero attached hydrogens (tertiary/aromatic N) is 4. The minimum Gasteiger partial charge on any atom is -0.493 e. The maximum absolute atomic E-state index is 14.6. The molecule has 7 aromatic rings. The second-order valence-electron chi connectivity index (χ2n) is 12.3. The zero-order valence-electron chi connectivity index (χ0n) is 31.6. The number of rotatable bonds is 12. The molecule has 0 fully saturated rings. The maximum atomic E-state index is 14.6. The first-order chi connectivity index (χ1) is 29.6. The first kappa shape index (κ1) is 43.6. The minimum atomic E-state index is -1.59. The Balaban J connectivity index is 0.000000229. The number of methoxy groups -OCH3 is 2. The van der Waals surface area contributed by atoms with E-state index in [2.05, 4.69) is 30.6 Å². The van der Waals surface area contributed by atoms with Gasteiger partial charge in [0.05, 0.1) is 42.4 Å². The quantitative estimate of drug-likeness (QED) is 0.0579. The summed E-state index contributed by atoms with van der Waals surface area (Å²) in [5.74, 6) is -8.28. The Labute approximate surface area is 347 Å². The van der Waals surface area contributed by atoms with Crippen LogP contribution in [0.3, 0.4) is 0 Å². The lowest BCUT2D eigenvalue weighted by Crippen LogP contribution is -2.21. The summed E-state index contributed by atoms with van der Waals surface area (Å²) in [7, 11) is 2.54. The molecule has 0 unspecified atom stereocenters. The number of nitrogens with two attached hydrogens (primary N) is 1. The predicted molar refractivity (Wildman–Crippen MR) is 209 cm³/mol. The molecule has 6 N–H and O–H groups in total. The normalized spacial score (nSPS) is 10.8. The van der Waals surface area contributed by atoms with Crippen LogP contribution < -0.4 is 35.3 Å². The van der Waals surface area contributed by atoms with Crippen LogP contribution >= 0.6 is 11.3 Å². The number of fused-ring (bicyclic) bond motifs is 2. The molecule has 62 heavy (non-hydrogen) atoms. The number of thiophene rings is 1. The van der Waals surface area contributed by atoms with E-state index in [1.165, 1.54) is 45.1 Å². The monoisotopic (exact) mass is 883 g/mol. The number of nitrogen functional groups attached to an aromatic ring is 1. The summed E-state index contributed by atoms with van der Waals surface area (Å²) in [4.78, 5) is 50.2. The second kappa shape index (κ2) is 18.5. The number of halogens is 6. The number of benzene rings is 4. The van der Waals surface area contributed by atoms with Crippen LogP contribution in [0.5, 0.6) is 23.0 Å². The highest BCUT2D eigenvalue weighted by Gasteiger charge is 2.25. The van der Waals surface area contributed by atoms with Crippen molar-refractivity contribution in [2.75, 3.05) is 30.6 Å². The third-order valence-electron chi connectivity index (χ3n) is 8.48. The van der Waals surface area contributed by atoms with Gasteiger partial charge in [0, 0.05) is 66.6 Å². The molecule has 2 amide bonds. The molecular formula is C39H27F6N7O9S. The van der Waals surface area contributed by atoms with E-state index < -0.39 is 75.6 Å². The van der Waals surface area contributed by atoms with Gasteiger partial charge < -0.3 is 45.5 Å². The molecule has 16 nitrogen and oxygen atoms in total. The lowest BCUT2D eigenvalue weighted by Gasteiger charge is -2.15. The molecule has 23 heteroatoms. The van der Waals surface area contributed by atoms with Crippen LogP contribution in [-0.2, 0) is 13.2 Å². The van der Waals surface area contributed by atoms with E-state index in [0.717, 1.165) is 23.6 Å². The van der Waals surface area contributed by atoms with Crippen LogP contribution in [0.2, 0.25) is 0 Å². The molecule has 0 atom stereocenters. The molecule has 0 bridgehead atoms. The molecule has 0 saturated carbocycles. The SMILES string of the molecule is COc1cc(F)c(N)cc1OCc1c(F)cc(F)c2nccnc12.COc1cc(F)c(NC(=O)Nc2csc(C(=O)O)c2C(=O)O)cc1OCc1c(F)cc(F)c2nccnc12. The number of anilines is 3. The van der Waals surface area contributed by atoms with Crippen molar-refractivity contribution in [1.29, 1.82) is 0 Å². The van der Waals surface area contributed by atoms with Gasteiger partial charge >= 0.3 is 18.0 Å². The van der Waals surface area contributed by atoms with Gasteiger partial charge in [-0.1, -0.05) is 0 Å². The average molecular weight is 884 g/mol. The van der Waals surface area contributed by atoms with Crippen LogP contribution in [-0.4, -0.2) is 62.3 Å². The topological polar surface area (TPSA) is 230 Å². The Morgan fingerprint density at radius 3 is 1.55 bits per heavy atom. The van der Waals surface area contributed by atoms with Gasteiger partial charge in [-0.3, -0.25) is 9.97 Å². The number of carboxylic acid groups (broad SMARTS) is 2. The van der Waals surface area contributed by atoms with E-state index >= 15 is 0 Å². The van der Waals surface area contributed by atoms with Crippen LogP contribution in [0.1, 0.15) is 31.2 Å². The fraction of sp³-hybridized carbons (Fsp3) is 0.103. The highest BCUT2D eigenvalue weighted by atomic mass is 32.1. The first-order valence-electron chi connectivity index (χ1n) is 17.2. The number of aromatic nitrogens is 4. The molecule has 0 saturated heterocycles. The lowest BCUT2D eigenvalue weighted by molar-refractivity contribution is 0.0657. The van der Waals surface area contributed by atoms with Crippen molar-refractivity contribution >= 4 is 68.4 Å². The van der Waals surface area contributed by atoms with Gasteiger partial charge in [-0.15, -0.1) is 11.3 Å². The van der Waals surface area contributed by atoms with Gasteiger partial charge in [0.1, 0.15) is 63.2 Å². The van der Waals surface area contributed by atoms with Gasteiger partial charge in [0.15, 0.2) is 40.4 Å². The van der Waals surface area contributed by atoms with Crippen molar-refractivity contribution < 1.29 is 69.9 Å². The molecule has 7 rings (SSSR count). The molecule has 0 aliphatic carbocycles. The standard InChI is InChI=1S/C23H15F3N4O7S.C16H12F3N3O2/c1-36-15-5-11(25)13(29-23(35)30-14-8-38-20(22(33)34)17(14)21(31)32)6-16(15)37-7-9-10(24)4-12(26)19-18(9)27-2-3-28-19;1-23-13-5-10(18)12(20)6-14(13)24-7-8-9(17)4-11(19)16-15(8)21-2-3-22-16/h2-6,8H,7H2,1H3,(H,31,32)(H,33,34)(H2,29,30,35);2-6H,7,20H2,1H3. The maximum Gasteiger partial charge on any atom is 0.346 e. The minimum absolute atomic E-state index is 0.0180. The van der Waals surface area contributed by atoms with Crippen molar-refractivity contribution in [2.24, 2.45) is 0 Å². The van der Waals surface area contributed by atoms with Crippen LogP contribution in [0.4, 0.5) is 48.2 Å². The fourth-order valence-corrected chi connectivity index (χ4v) is 6.45. The largest absolute Gasteiger partial charge is 0.493 e. The zero-order valence-corrected chi connectivity index (χ0v) is 32.4. The average Bonchev–Trinajstić information content (AvgIpc) is 3.67. The summed E-state index contributed by atoms with van der Waals surface area (Å²) >= 11 is 0.581. The molecule has 4 aromatic carbocycles. The van der Waals surface area contributed by atoms with Crippen molar-refractivity contribution in [3.05, 3.63) is 123 Å². The Morgan fingerprint density at radius 2 is 1.06 bits per heavy atom. The summed E-state index contributed by atoms with van der Waals surface area (Å²) in [5.41, 5.74) is 3.54. The predicted octanol–water partition coefficient (Wildman–Crippen LogP) is 7.95. The number of hydrogen-bond donors (Lipinski definition) is 5. The number of carboxylic acids is 2. The fourth-order valence-electron chi connectivity index (χ4n) is 5.62. The number of nitrogens with one attached hydrogen (secondary N) is 2. The van der Waals surface area contributed by atoms with E-state index in [-0.39, 0.29) is 74.2 Å². The van der Waals surface area contributed by atoms with Crippen LogP contribution in [0, 0.1) is 34.9 Å². The number of aromatic carboxylic acids is 2. The van der Waals surface area contributed by atoms with Gasteiger partial charge in [-0.05, 0) is 0 Å². The number of carbonyl (C=O) groups is 3. The summed E-state index contributed by atoms with van der Waals surface area (Å²) in [6.45, 7) is -0.785. The Bertz CT molecular complexity index is 2890. The molecule has 0 aliphatic heterocycles. The van der Waals surface area contributed by atoms with Gasteiger partial charge in [-0.25, -0.2) is 50.7 Å². The van der Waals surface area contributed by atoms with Crippen molar-refractivity contribution in [2.45, 2.75) is 13.2 Å². The number of urea groups is 1. The smallest absolute Gasteiger partial charge is 0.346 e. The van der Waals surface area contributed by atoms with E-state index in [1.54, 1.807) is 0 Å². The summed E-state index contributed by atoms with van der Waals surface area (Å²) in [5, 5.41) is 23.9. The molecule has 3 aromatic heterocycles. The molecule has 0 spiro atoms. The molecule has 320 valence electrons. The van der Waals surface area contributed by atoms with Gasteiger partial charge in [-0.2, -0.15) is 0 Å². The highest BCUT2D eigenvalue weighted by Crippen LogP contribution is 2.36. The van der Waals surface area contributed by atoms with E-state index in [4.69, 9.17) is 29.8 Å². The summed E-state index contributed by atoms with van der Waals surface area (Å²) in [6, 6.07) is 4.43. The van der Waals surface area contributed by atoms with Gasteiger partial charge in [0.25, 0.3) is 0 Å². The second-order valence-corrected chi connectivity index (χ2v) is 13.2. The van der Waals surface area contributed by atoms with Crippen molar-refractivity contribution in [3.63, 3.8) is 0 Å². The Kier molecular flexibility index (Phi) is 13.0. The highest BCUT2D eigenvalue weighted by molar-refractivity contribution is 7.13. The van der Waals surface area contributed by atoms with E-state index in [9.17, 15) is 45.8 Å². The number of amides is 2. The summed E-state index contributed by atoms with van der Waals surface area (Å²) < 4.78 is 106. The van der Waals surface area contributed by atoms with Crippen LogP contribution in [0.25, 0.3) is 22.1 Å². The molecule has 0 radical (unpaired) electrons. The first-order valence-corrected chi connectivity index (χ1v) is 18.1. The zero-order chi connectivity index (χ0) is 44.8. The third-order valence-corrected chi connectivity index (χ3v) is 9.45. The van der Waals surface area contributed by atoms with E-state index in [0.29, 0.717) is 23.5 Å².